The van der Waals surface area contributed by atoms with Crippen molar-refractivity contribution < 1.29 is 9.53 Å². The molecule has 1 fully saturated rings. The van der Waals surface area contributed by atoms with Crippen LogP contribution in [0.25, 0.3) is 5.65 Å². The first kappa shape index (κ1) is 12.4. The van der Waals surface area contributed by atoms with Crippen LogP contribution in [0.3, 0.4) is 0 Å². The van der Waals surface area contributed by atoms with Gasteiger partial charge in [-0.05, 0) is 29.8 Å². The van der Waals surface area contributed by atoms with Crippen molar-refractivity contribution in [2.45, 2.75) is 26.3 Å². The number of esters is 1. The van der Waals surface area contributed by atoms with Gasteiger partial charge in [0.2, 0.25) is 0 Å². The predicted octanol–water partition coefficient (Wildman–Crippen LogP) is 1.84. The fraction of sp³-hybridized carbons (Fsp3) is 0.417. The Morgan fingerprint density at radius 1 is 1.53 bits per heavy atom. The first-order valence-electron chi connectivity index (χ1n) is 6.02. The van der Waals surface area contributed by atoms with E-state index < -0.39 is 0 Å². The van der Waals surface area contributed by atoms with Gasteiger partial charge in [-0.25, -0.2) is 9.78 Å². The van der Waals surface area contributed by atoms with Gasteiger partial charge >= 0.3 is 5.97 Å². The van der Waals surface area contributed by atoms with E-state index in [0.29, 0.717) is 13.0 Å². The van der Waals surface area contributed by atoms with Gasteiger partial charge in [0.25, 0.3) is 0 Å². The third-order valence-corrected chi connectivity index (χ3v) is 4.01. The highest BCUT2D eigenvalue weighted by molar-refractivity contribution is 9.10. The lowest BCUT2D eigenvalue weighted by atomic mass is 10.2. The number of cyclic esters (lactones) is 1. The zero-order valence-electron chi connectivity index (χ0n) is 10.6. The summed E-state index contributed by atoms with van der Waals surface area (Å²) < 4.78 is 7.53. The lowest BCUT2D eigenvalue weighted by Crippen LogP contribution is -2.25. The molecule has 0 unspecified atom stereocenters. The van der Waals surface area contributed by atoms with Gasteiger partial charge in [0.05, 0.1) is 16.8 Å². The zero-order chi connectivity index (χ0) is 13.6. The number of carbonyl (C=O) groups is 1. The molecule has 1 aliphatic heterocycles. The van der Waals surface area contributed by atoms with Crippen molar-refractivity contribution in [2.24, 2.45) is 0 Å². The molecule has 6 nitrogen and oxygen atoms in total. The standard InChI is InChI=1S/C12H13BrN4O2/c1-6-5-9(15-8-3-4-19-12(8)18)17-11(14-6)10(13)7(2)16-17/h5,8,15H,3-4H2,1-2H3/t8-/m0/s1. The van der Waals surface area contributed by atoms with E-state index in [1.807, 2.05) is 19.9 Å². The van der Waals surface area contributed by atoms with Crippen molar-refractivity contribution >= 4 is 33.4 Å². The second-order valence-electron chi connectivity index (χ2n) is 4.57. The summed E-state index contributed by atoms with van der Waals surface area (Å²) in [5.41, 5.74) is 2.46. The third kappa shape index (κ3) is 2.07. The molecule has 0 saturated carbocycles. The van der Waals surface area contributed by atoms with Gasteiger partial charge in [0.15, 0.2) is 5.65 Å². The van der Waals surface area contributed by atoms with Gasteiger partial charge in [-0.3, -0.25) is 0 Å². The summed E-state index contributed by atoms with van der Waals surface area (Å²) in [7, 11) is 0. The van der Waals surface area contributed by atoms with Gasteiger partial charge in [-0.15, -0.1) is 0 Å². The van der Waals surface area contributed by atoms with Gasteiger partial charge in [0.1, 0.15) is 11.9 Å². The Bertz CT molecular complexity index is 667. The van der Waals surface area contributed by atoms with Gasteiger partial charge in [0, 0.05) is 18.2 Å². The minimum Gasteiger partial charge on any atom is -0.464 e. The van der Waals surface area contributed by atoms with Crippen LogP contribution in [0, 0.1) is 13.8 Å². The largest absolute Gasteiger partial charge is 0.464 e. The summed E-state index contributed by atoms with van der Waals surface area (Å²) in [6.45, 7) is 4.28. The van der Waals surface area contributed by atoms with Crippen molar-refractivity contribution in [3.05, 3.63) is 21.9 Å². The van der Waals surface area contributed by atoms with E-state index in [9.17, 15) is 4.79 Å². The monoisotopic (exact) mass is 324 g/mol. The van der Waals surface area contributed by atoms with E-state index >= 15 is 0 Å². The van der Waals surface area contributed by atoms with Crippen molar-refractivity contribution in [2.75, 3.05) is 11.9 Å². The Labute approximate surface area is 118 Å². The number of hydrogen-bond acceptors (Lipinski definition) is 5. The first-order valence-corrected chi connectivity index (χ1v) is 6.81. The Hall–Kier alpha value is -1.63. The molecule has 1 aliphatic rings. The normalized spacial score (nSPS) is 18.9. The fourth-order valence-corrected chi connectivity index (χ4v) is 2.46. The van der Waals surface area contributed by atoms with Crippen LogP contribution in [0.2, 0.25) is 0 Å². The van der Waals surface area contributed by atoms with Gasteiger partial charge < -0.3 is 10.1 Å². The summed E-state index contributed by atoms with van der Waals surface area (Å²) >= 11 is 3.48. The average Bonchev–Trinajstić information content (AvgIpc) is 2.88. The molecule has 3 heterocycles. The van der Waals surface area contributed by atoms with Crippen LogP contribution in [-0.4, -0.2) is 33.2 Å². The quantitative estimate of drug-likeness (QED) is 0.853. The summed E-state index contributed by atoms with van der Waals surface area (Å²) in [5, 5.41) is 7.59. The minimum absolute atomic E-state index is 0.217. The summed E-state index contributed by atoms with van der Waals surface area (Å²) in [6, 6.07) is 1.56. The molecular formula is C12H13BrN4O2. The minimum atomic E-state index is -0.312. The number of hydrogen-bond donors (Lipinski definition) is 1. The smallest absolute Gasteiger partial charge is 0.328 e. The fourth-order valence-electron chi connectivity index (χ4n) is 2.13. The van der Waals surface area contributed by atoms with E-state index in [1.165, 1.54) is 0 Å². The molecule has 1 saturated heterocycles. The van der Waals surface area contributed by atoms with Crippen LogP contribution in [0.4, 0.5) is 5.82 Å². The maximum Gasteiger partial charge on any atom is 0.328 e. The SMILES string of the molecule is Cc1cc(N[C@H]2CCOC2=O)n2nc(C)c(Br)c2n1. The van der Waals surface area contributed by atoms with E-state index in [0.717, 1.165) is 27.3 Å². The Kier molecular flexibility index (Phi) is 2.93. The van der Waals surface area contributed by atoms with Crippen LogP contribution in [0.1, 0.15) is 17.8 Å². The molecule has 7 heteroatoms. The lowest BCUT2D eigenvalue weighted by Gasteiger charge is -2.12. The highest BCUT2D eigenvalue weighted by Crippen LogP contribution is 2.24. The van der Waals surface area contributed by atoms with E-state index in [4.69, 9.17) is 4.74 Å². The predicted molar refractivity (Wildman–Crippen MR) is 73.1 cm³/mol. The molecule has 1 N–H and O–H groups in total. The molecule has 0 aliphatic carbocycles. The number of nitrogens with zero attached hydrogens (tertiary/aromatic N) is 3. The molecule has 2 aromatic rings. The molecule has 0 spiro atoms. The van der Waals surface area contributed by atoms with Gasteiger partial charge in [-0.2, -0.15) is 9.61 Å². The molecule has 1 atom stereocenters. The summed E-state index contributed by atoms with van der Waals surface area (Å²) in [5.74, 6) is 0.533. The Balaban J connectivity index is 2.07. The highest BCUT2D eigenvalue weighted by atomic mass is 79.9. The molecule has 0 bridgehead atoms. The van der Waals surface area contributed by atoms with Crippen molar-refractivity contribution in [1.82, 2.24) is 14.6 Å². The molecule has 0 amide bonds. The molecule has 0 aromatic carbocycles. The van der Waals surface area contributed by atoms with Crippen molar-refractivity contribution in [1.29, 1.82) is 0 Å². The number of aryl methyl sites for hydroxylation is 2. The maximum atomic E-state index is 11.5. The van der Waals surface area contributed by atoms with Crippen LogP contribution >= 0.6 is 15.9 Å². The first-order chi connectivity index (χ1) is 9.06. The molecule has 0 radical (unpaired) electrons. The lowest BCUT2D eigenvalue weighted by molar-refractivity contribution is -0.138. The Morgan fingerprint density at radius 2 is 2.32 bits per heavy atom. The molecule has 19 heavy (non-hydrogen) atoms. The number of halogens is 1. The molecule has 100 valence electrons. The van der Waals surface area contributed by atoms with E-state index in [-0.39, 0.29) is 12.0 Å². The third-order valence-electron chi connectivity index (χ3n) is 3.08. The van der Waals surface area contributed by atoms with Crippen molar-refractivity contribution in [3.8, 4) is 0 Å². The Morgan fingerprint density at radius 3 is 3.00 bits per heavy atom. The highest BCUT2D eigenvalue weighted by Gasteiger charge is 2.27. The summed E-state index contributed by atoms with van der Waals surface area (Å²) in [6.07, 6.45) is 0.670. The number of aromatic nitrogens is 3. The molecular weight excluding hydrogens is 312 g/mol. The van der Waals surface area contributed by atoms with Crippen LogP contribution in [0.5, 0.6) is 0 Å². The van der Waals surface area contributed by atoms with Crippen LogP contribution < -0.4 is 5.32 Å². The topological polar surface area (TPSA) is 68.5 Å². The van der Waals surface area contributed by atoms with E-state index in [2.05, 4.69) is 31.3 Å². The number of fused-ring (bicyclic) bond motifs is 1. The van der Waals surface area contributed by atoms with Crippen LogP contribution in [0.15, 0.2) is 10.5 Å². The number of carbonyl (C=O) groups excluding carboxylic acids is 1. The number of rotatable bonds is 2. The second-order valence-corrected chi connectivity index (χ2v) is 5.36. The molecule has 3 rings (SSSR count). The zero-order valence-corrected chi connectivity index (χ0v) is 12.2. The summed E-state index contributed by atoms with van der Waals surface area (Å²) in [4.78, 5) is 16.0. The number of anilines is 1. The van der Waals surface area contributed by atoms with Crippen LogP contribution in [-0.2, 0) is 9.53 Å². The second kappa shape index (κ2) is 4.48. The number of nitrogens with one attached hydrogen (secondary N) is 1. The van der Waals surface area contributed by atoms with Crippen molar-refractivity contribution in [3.63, 3.8) is 0 Å². The average molecular weight is 325 g/mol. The maximum absolute atomic E-state index is 11.5. The molecule has 2 aromatic heterocycles. The van der Waals surface area contributed by atoms with E-state index in [1.54, 1.807) is 4.52 Å². The van der Waals surface area contributed by atoms with Gasteiger partial charge in [-0.1, -0.05) is 0 Å². The number of ether oxygens (including phenoxy) is 1.